The largest absolute Gasteiger partial charge is 0.494 e. The zero-order chi connectivity index (χ0) is 12.3. The van der Waals surface area contributed by atoms with Gasteiger partial charge in [-0.05, 0) is 30.7 Å². The van der Waals surface area contributed by atoms with E-state index in [1.165, 1.54) is 0 Å². The Balaban J connectivity index is 2.20. The molecule has 0 aliphatic heterocycles. The number of nitrogens with zero attached hydrogens (tertiary/aromatic N) is 2. The Morgan fingerprint density at radius 1 is 1.29 bits per heavy atom. The van der Waals surface area contributed by atoms with Crippen molar-refractivity contribution in [2.75, 3.05) is 12.3 Å². The molecule has 0 saturated carbocycles. The lowest BCUT2D eigenvalue weighted by Crippen LogP contribution is -1.94. The predicted octanol–water partition coefficient (Wildman–Crippen LogP) is 2.46. The van der Waals surface area contributed by atoms with Crippen LogP contribution in [0.4, 0.5) is 5.69 Å². The minimum atomic E-state index is 0.690. The summed E-state index contributed by atoms with van der Waals surface area (Å²) in [5.41, 5.74) is 8.39. The highest BCUT2D eigenvalue weighted by molar-refractivity contribution is 5.72. The van der Waals surface area contributed by atoms with Crippen LogP contribution in [0, 0.1) is 0 Å². The van der Waals surface area contributed by atoms with E-state index in [2.05, 4.69) is 12.0 Å². The molecule has 0 bridgehead atoms. The molecular weight excluding hydrogens is 214 g/mol. The fourth-order valence-electron chi connectivity index (χ4n) is 1.66. The Morgan fingerprint density at radius 2 is 2.00 bits per heavy atom. The van der Waals surface area contributed by atoms with Crippen LogP contribution in [0.15, 0.2) is 30.5 Å². The van der Waals surface area contributed by atoms with Crippen LogP contribution in [-0.4, -0.2) is 16.4 Å². The van der Waals surface area contributed by atoms with Crippen molar-refractivity contribution in [1.82, 2.24) is 9.78 Å². The van der Waals surface area contributed by atoms with E-state index in [0.29, 0.717) is 5.69 Å². The van der Waals surface area contributed by atoms with Gasteiger partial charge in [-0.25, -0.2) is 0 Å². The first kappa shape index (κ1) is 11.5. The second-order valence-corrected chi connectivity index (χ2v) is 3.98. The topological polar surface area (TPSA) is 53.1 Å². The third kappa shape index (κ3) is 2.58. The molecule has 0 aliphatic rings. The summed E-state index contributed by atoms with van der Waals surface area (Å²) in [5.74, 6) is 0.880. The smallest absolute Gasteiger partial charge is 0.119 e. The van der Waals surface area contributed by atoms with Crippen LogP contribution in [0.25, 0.3) is 11.3 Å². The highest BCUT2D eigenvalue weighted by atomic mass is 16.5. The zero-order valence-electron chi connectivity index (χ0n) is 10.2. The Hall–Kier alpha value is -1.97. The normalized spacial score (nSPS) is 10.5. The first-order valence-electron chi connectivity index (χ1n) is 5.73. The molecule has 0 fully saturated rings. The van der Waals surface area contributed by atoms with E-state index in [1.54, 1.807) is 10.9 Å². The lowest BCUT2D eigenvalue weighted by atomic mass is 10.1. The lowest BCUT2D eigenvalue weighted by molar-refractivity contribution is 0.317. The molecule has 1 heterocycles. The number of nitrogen functional groups attached to an aromatic ring is 1. The second kappa shape index (κ2) is 4.91. The Morgan fingerprint density at radius 3 is 2.53 bits per heavy atom. The molecule has 0 radical (unpaired) electrons. The van der Waals surface area contributed by atoms with E-state index in [1.807, 2.05) is 31.3 Å². The second-order valence-electron chi connectivity index (χ2n) is 3.98. The number of anilines is 1. The number of ether oxygens (including phenoxy) is 1. The Bertz CT molecular complexity index is 488. The molecule has 2 rings (SSSR count). The van der Waals surface area contributed by atoms with E-state index in [4.69, 9.17) is 10.5 Å². The summed E-state index contributed by atoms with van der Waals surface area (Å²) in [6, 6.07) is 7.84. The van der Waals surface area contributed by atoms with Crippen LogP contribution in [0.1, 0.15) is 13.3 Å². The molecule has 2 aromatic rings. The monoisotopic (exact) mass is 231 g/mol. The van der Waals surface area contributed by atoms with Crippen molar-refractivity contribution in [3.63, 3.8) is 0 Å². The van der Waals surface area contributed by atoms with Gasteiger partial charge in [-0.2, -0.15) is 5.10 Å². The van der Waals surface area contributed by atoms with Gasteiger partial charge in [0.05, 0.1) is 12.3 Å². The first-order valence-corrected chi connectivity index (χ1v) is 5.73. The van der Waals surface area contributed by atoms with E-state index in [9.17, 15) is 0 Å². The molecule has 4 nitrogen and oxygen atoms in total. The van der Waals surface area contributed by atoms with Gasteiger partial charge in [-0.3, -0.25) is 4.68 Å². The van der Waals surface area contributed by atoms with Crippen LogP contribution in [-0.2, 0) is 7.05 Å². The Labute approximate surface area is 101 Å². The quantitative estimate of drug-likeness (QED) is 0.879. The summed E-state index contributed by atoms with van der Waals surface area (Å²) in [6.07, 6.45) is 2.81. The van der Waals surface area contributed by atoms with Crippen LogP contribution in [0.3, 0.4) is 0 Å². The number of hydrogen-bond donors (Lipinski definition) is 1. The summed E-state index contributed by atoms with van der Waals surface area (Å²) in [6.45, 7) is 2.83. The van der Waals surface area contributed by atoms with E-state index >= 15 is 0 Å². The average molecular weight is 231 g/mol. The van der Waals surface area contributed by atoms with Gasteiger partial charge in [0.15, 0.2) is 0 Å². The molecule has 1 aromatic heterocycles. The van der Waals surface area contributed by atoms with E-state index in [-0.39, 0.29) is 0 Å². The van der Waals surface area contributed by atoms with Crippen LogP contribution in [0.2, 0.25) is 0 Å². The minimum absolute atomic E-state index is 0.690. The van der Waals surface area contributed by atoms with Gasteiger partial charge < -0.3 is 10.5 Å². The molecule has 2 N–H and O–H groups in total. The van der Waals surface area contributed by atoms with Crippen LogP contribution < -0.4 is 10.5 Å². The van der Waals surface area contributed by atoms with Gasteiger partial charge in [-0.1, -0.05) is 6.92 Å². The lowest BCUT2D eigenvalue weighted by Gasteiger charge is -2.05. The highest BCUT2D eigenvalue weighted by Gasteiger charge is 2.06. The molecular formula is C13H17N3O. The maximum Gasteiger partial charge on any atom is 0.119 e. The van der Waals surface area contributed by atoms with Crippen LogP contribution >= 0.6 is 0 Å². The van der Waals surface area contributed by atoms with E-state index in [0.717, 1.165) is 30.0 Å². The average Bonchev–Trinajstić information content (AvgIpc) is 2.66. The minimum Gasteiger partial charge on any atom is -0.494 e. The molecule has 0 spiro atoms. The third-order valence-corrected chi connectivity index (χ3v) is 2.46. The zero-order valence-corrected chi connectivity index (χ0v) is 10.2. The fourth-order valence-corrected chi connectivity index (χ4v) is 1.66. The van der Waals surface area contributed by atoms with Gasteiger partial charge in [0.25, 0.3) is 0 Å². The van der Waals surface area contributed by atoms with Crippen molar-refractivity contribution in [2.45, 2.75) is 13.3 Å². The number of rotatable bonds is 4. The van der Waals surface area contributed by atoms with Crippen molar-refractivity contribution >= 4 is 5.69 Å². The summed E-state index contributed by atoms with van der Waals surface area (Å²) in [5, 5.41) is 4.32. The molecule has 0 atom stereocenters. The highest BCUT2D eigenvalue weighted by Crippen LogP contribution is 2.25. The SMILES string of the molecule is CCCOc1ccc(-c2nn(C)cc2N)cc1. The molecule has 0 unspecified atom stereocenters. The van der Waals surface area contributed by atoms with Crippen molar-refractivity contribution < 1.29 is 4.74 Å². The van der Waals surface area contributed by atoms with Crippen molar-refractivity contribution in [1.29, 1.82) is 0 Å². The number of hydrogen-bond acceptors (Lipinski definition) is 3. The maximum atomic E-state index is 5.88. The molecule has 17 heavy (non-hydrogen) atoms. The summed E-state index contributed by atoms with van der Waals surface area (Å²) in [7, 11) is 1.86. The van der Waals surface area contributed by atoms with Gasteiger partial charge in [-0.15, -0.1) is 0 Å². The molecule has 1 aromatic carbocycles. The van der Waals surface area contributed by atoms with E-state index < -0.39 is 0 Å². The molecule has 4 heteroatoms. The van der Waals surface area contributed by atoms with Crippen molar-refractivity contribution in [3.8, 4) is 17.0 Å². The number of aromatic nitrogens is 2. The first-order chi connectivity index (χ1) is 8.20. The van der Waals surface area contributed by atoms with Crippen molar-refractivity contribution in [3.05, 3.63) is 30.5 Å². The summed E-state index contributed by atoms with van der Waals surface area (Å²) >= 11 is 0. The third-order valence-electron chi connectivity index (χ3n) is 2.46. The van der Waals surface area contributed by atoms with Gasteiger partial charge in [0.1, 0.15) is 11.4 Å². The molecule has 90 valence electrons. The van der Waals surface area contributed by atoms with Gasteiger partial charge in [0, 0.05) is 18.8 Å². The van der Waals surface area contributed by atoms with Crippen molar-refractivity contribution in [2.24, 2.45) is 7.05 Å². The molecule has 0 saturated heterocycles. The van der Waals surface area contributed by atoms with Crippen LogP contribution in [0.5, 0.6) is 5.75 Å². The standard InChI is InChI=1S/C13H17N3O/c1-3-8-17-11-6-4-10(5-7-11)13-12(14)9-16(2)15-13/h4-7,9H,3,8,14H2,1-2H3. The Kier molecular flexibility index (Phi) is 3.32. The summed E-state index contributed by atoms with van der Waals surface area (Å²) in [4.78, 5) is 0. The van der Waals surface area contributed by atoms with Gasteiger partial charge >= 0.3 is 0 Å². The predicted molar refractivity (Wildman–Crippen MR) is 68.8 cm³/mol. The molecule has 0 amide bonds. The number of aryl methyl sites for hydroxylation is 1. The summed E-state index contributed by atoms with van der Waals surface area (Å²) < 4.78 is 7.24. The number of benzene rings is 1. The number of nitrogens with two attached hydrogens (primary N) is 1. The molecule has 0 aliphatic carbocycles. The maximum absolute atomic E-state index is 5.88. The fraction of sp³-hybridized carbons (Fsp3) is 0.308. The van der Waals surface area contributed by atoms with Gasteiger partial charge in [0.2, 0.25) is 0 Å².